The Bertz CT molecular complexity index is 446. The molecule has 0 atom stereocenters. The first-order valence-corrected chi connectivity index (χ1v) is 6.38. The molecule has 0 amide bonds. The van der Waals surface area contributed by atoms with Crippen LogP contribution in [0.1, 0.15) is 29.9 Å². The fraction of sp³-hybridized carbons (Fsp3) is 0.333. The van der Waals surface area contributed by atoms with Gasteiger partial charge in [0.15, 0.2) is 0 Å². The first-order chi connectivity index (χ1) is 7.92. The quantitative estimate of drug-likeness (QED) is 0.879. The number of hydrogen-bond donors (Lipinski definition) is 1. The van der Waals surface area contributed by atoms with Crippen molar-refractivity contribution in [1.82, 2.24) is 10.2 Å². The highest BCUT2D eigenvalue weighted by Crippen LogP contribution is 2.39. The van der Waals surface area contributed by atoms with Crippen molar-refractivity contribution in [2.45, 2.75) is 25.3 Å². The summed E-state index contributed by atoms with van der Waals surface area (Å²) in [6.07, 6.45) is 2.73. The molecule has 1 aromatic carbocycles. The Morgan fingerprint density at radius 3 is 2.69 bits per heavy atom. The third-order valence-corrected chi connectivity index (χ3v) is 3.48. The third kappa shape index (κ3) is 2.22. The summed E-state index contributed by atoms with van der Waals surface area (Å²) in [5.74, 6) is 0.838. The maximum Gasteiger partial charge on any atom is 0.205 e. The number of rotatable bonds is 4. The standard InChI is InChI=1S/C12H13N3S/c1-3-10(11-5-6-11)4-2-9(1)7-13-12-15-14-8-16-12/h1-4,8,11H,5-7H2,(H,13,15). The molecular weight excluding hydrogens is 218 g/mol. The summed E-state index contributed by atoms with van der Waals surface area (Å²) in [4.78, 5) is 0. The minimum Gasteiger partial charge on any atom is -0.356 e. The summed E-state index contributed by atoms with van der Waals surface area (Å²) < 4.78 is 0. The van der Waals surface area contributed by atoms with E-state index >= 15 is 0 Å². The van der Waals surface area contributed by atoms with Gasteiger partial charge in [0.05, 0.1) is 0 Å². The van der Waals surface area contributed by atoms with Crippen molar-refractivity contribution in [1.29, 1.82) is 0 Å². The smallest absolute Gasteiger partial charge is 0.205 e. The summed E-state index contributed by atoms with van der Waals surface area (Å²) in [6.45, 7) is 0.820. The Labute approximate surface area is 98.5 Å². The Morgan fingerprint density at radius 1 is 1.25 bits per heavy atom. The average molecular weight is 231 g/mol. The number of nitrogens with zero attached hydrogens (tertiary/aromatic N) is 2. The second-order valence-corrected chi connectivity index (χ2v) is 4.95. The normalized spacial score (nSPS) is 15.0. The minimum absolute atomic E-state index is 0.820. The van der Waals surface area contributed by atoms with Gasteiger partial charge in [-0.05, 0) is 29.9 Å². The van der Waals surface area contributed by atoms with E-state index in [0.29, 0.717) is 0 Å². The van der Waals surface area contributed by atoms with Crippen molar-refractivity contribution < 1.29 is 0 Å². The van der Waals surface area contributed by atoms with Gasteiger partial charge in [-0.2, -0.15) is 0 Å². The highest BCUT2D eigenvalue weighted by Gasteiger charge is 2.22. The van der Waals surface area contributed by atoms with Gasteiger partial charge in [0, 0.05) is 6.54 Å². The molecule has 1 aliphatic carbocycles. The topological polar surface area (TPSA) is 37.8 Å². The molecule has 0 spiro atoms. The molecule has 2 aromatic rings. The number of aromatic nitrogens is 2. The lowest BCUT2D eigenvalue weighted by molar-refractivity contribution is 1.05. The van der Waals surface area contributed by atoms with Gasteiger partial charge >= 0.3 is 0 Å². The van der Waals surface area contributed by atoms with Crippen LogP contribution < -0.4 is 5.32 Å². The van der Waals surface area contributed by atoms with Crippen LogP contribution in [0.5, 0.6) is 0 Å². The SMILES string of the molecule is c1nnc(NCc2ccc(C3CC3)cc2)s1. The molecule has 1 fully saturated rings. The lowest BCUT2D eigenvalue weighted by atomic mass is 10.1. The second kappa shape index (κ2) is 4.22. The van der Waals surface area contributed by atoms with Crippen LogP contribution in [-0.4, -0.2) is 10.2 Å². The Kier molecular flexibility index (Phi) is 2.58. The molecule has 0 unspecified atom stereocenters. The number of hydrogen-bond acceptors (Lipinski definition) is 4. The molecule has 0 saturated heterocycles. The van der Waals surface area contributed by atoms with Crippen LogP contribution in [0.3, 0.4) is 0 Å². The first-order valence-electron chi connectivity index (χ1n) is 5.51. The van der Waals surface area contributed by atoms with Crippen molar-refractivity contribution in [3.8, 4) is 0 Å². The maximum absolute atomic E-state index is 3.94. The van der Waals surface area contributed by atoms with Crippen molar-refractivity contribution in [3.05, 3.63) is 40.9 Å². The van der Waals surface area contributed by atoms with E-state index in [1.807, 2.05) is 0 Å². The molecule has 1 aliphatic rings. The second-order valence-electron chi connectivity index (χ2n) is 4.11. The molecule has 3 rings (SSSR count). The van der Waals surface area contributed by atoms with Crippen molar-refractivity contribution in [3.63, 3.8) is 0 Å². The van der Waals surface area contributed by atoms with Crippen LogP contribution in [0.15, 0.2) is 29.8 Å². The zero-order valence-electron chi connectivity index (χ0n) is 8.89. The van der Waals surface area contributed by atoms with E-state index in [0.717, 1.165) is 17.6 Å². The molecule has 0 aliphatic heterocycles. The van der Waals surface area contributed by atoms with E-state index in [2.05, 4.69) is 39.8 Å². The van der Waals surface area contributed by atoms with Gasteiger partial charge in [0.25, 0.3) is 0 Å². The van der Waals surface area contributed by atoms with Gasteiger partial charge in [-0.15, -0.1) is 10.2 Å². The van der Waals surface area contributed by atoms with Gasteiger partial charge in [-0.3, -0.25) is 0 Å². The summed E-state index contributed by atoms with van der Waals surface area (Å²) in [5, 5.41) is 11.9. The predicted molar refractivity (Wildman–Crippen MR) is 65.7 cm³/mol. The van der Waals surface area contributed by atoms with Crippen LogP contribution in [0, 0.1) is 0 Å². The summed E-state index contributed by atoms with van der Waals surface area (Å²) in [7, 11) is 0. The van der Waals surface area contributed by atoms with Crippen molar-refractivity contribution >= 4 is 16.5 Å². The number of anilines is 1. The number of nitrogens with one attached hydrogen (secondary N) is 1. The number of benzene rings is 1. The summed E-state index contributed by atoms with van der Waals surface area (Å²) in [6, 6.07) is 8.88. The lowest BCUT2D eigenvalue weighted by Gasteiger charge is -2.03. The summed E-state index contributed by atoms with van der Waals surface area (Å²) >= 11 is 1.53. The highest BCUT2D eigenvalue weighted by atomic mass is 32.1. The zero-order valence-corrected chi connectivity index (χ0v) is 9.70. The molecule has 16 heavy (non-hydrogen) atoms. The first kappa shape index (κ1) is 9.78. The van der Waals surface area contributed by atoms with Crippen molar-refractivity contribution in [2.75, 3.05) is 5.32 Å². The zero-order chi connectivity index (χ0) is 10.8. The van der Waals surface area contributed by atoms with Crippen LogP contribution in [0.4, 0.5) is 5.13 Å². The van der Waals surface area contributed by atoms with Crippen LogP contribution >= 0.6 is 11.3 Å². The fourth-order valence-corrected chi connectivity index (χ4v) is 2.20. The molecule has 3 nitrogen and oxygen atoms in total. The van der Waals surface area contributed by atoms with Gasteiger partial charge in [0.1, 0.15) is 5.51 Å². The Morgan fingerprint density at radius 2 is 2.06 bits per heavy atom. The van der Waals surface area contributed by atoms with Gasteiger partial charge in [0.2, 0.25) is 5.13 Å². The van der Waals surface area contributed by atoms with Crippen LogP contribution in [0.2, 0.25) is 0 Å². The average Bonchev–Trinajstić information content (AvgIpc) is 3.05. The molecular formula is C12H13N3S. The molecule has 1 heterocycles. The molecule has 82 valence electrons. The largest absolute Gasteiger partial charge is 0.356 e. The van der Waals surface area contributed by atoms with E-state index in [1.54, 1.807) is 5.51 Å². The minimum atomic E-state index is 0.820. The van der Waals surface area contributed by atoms with Crippen LogP contribution in [0.25, 0.3) is 0 Å². The predicted octanol–water partition coefficient (Wildman–Crippen LogP) is 3.03. The third-order valence-electron chi connectivity index (χ3n) is 2.83. The molecule has 1 saturated carbocycles. The van der Waals surface area contributed by atoms with E-state index < -0.39 is 0 Å². The molecule has 4 heteroatoms. The van der Waals surface area contributed by atoms with Gasteiger partial charge in [-0.25, -0.2) is 0 Å². The van der Waals surface area contributed by atoms with Gasteiger partial charge < -0.3 is 5.32 Å². The Hall–Kier alpha value is -1.42. The maximum atomic E-state index is 3.94. The van der Waals surface area contributed by atoms with E-state index in [1.165, 1.54) is 35.3 Å². The van der Waals surface area contributed by atoms with E-state index in [4.69, 9.17) is 0 Å². The Balaban J connectivity index is 1.61. The molecule has 0 radical (unpaired) electrons. The fourth-order valence-electron chi connectivity index (χ4n) is 1.75. The van der Waals surface area contributed by atoms with E-state index in [9.17, 15) is 0 Å². The molecule has 0 bridgehead atoms. The van der Waals surface area contributed by atoms with Crippen LogP contribution in [-0.2, 0) is 6.54 Å². The molecule has 1 aromatic heterocycles. The summed E-state index contributed by atoms with van der Waals surface area (Å²) in [5.41, 5.74) is 4.51. The van der Waals surface area contributed by atoms with Gasteiger partial charge in [-0.1, -0.05) is 35.6 Å². The van der Waals surface area contributed by atoms with Crippen molar-refractivity contribution in [2.24, 2.45) is 0 Å². The van der Waals surface area contributed by atoms with E-state index in [-0.39, 0.29) is 0 Å². The monoisotopic (exact) mass is 231 g/mol. The molecule has 1 N–H and O–H groups in total. The highest BCUT2D eigenvalue weighted by molar-refractivity contribution is 7.13. The lowest BCUT2D eigenvalue weighted by Crippen LogP contribution is -1.98.